The molecule has 0 bridgehead atoms. The third-order valence-electron chi connectivity index (χ3n) is 3.91. The van der Waals surface area contributed by atoms with E-state index in [0.717, 1.165) is 5.56 Å². The number of carbonyl (C=O) groups is 1. The van der Waals surface area contributed by atoms with Crippen LogP contribution in [0.1, 0.15) is 15.9 Å². The molecule has 7 nitrogen and oxygen atoms in total. The van der Waals surface area contributed by atoms with Gasteiger partial charge >= 0.3 is 0 Å². The number of pyridine rings is 1. The number of halogens is 1. The van der Waals surface area contributed by atoms with Gasteiger partial charge in [-0.2, -0.15) is 0 Å². The van der Waals surface area contributed by atoms with Gasteiger partial charge in [-0.05, 0) is 29.8 Å². The highest BCUT2D eigenvalue weighted by atomic mass is 35.5. The molecule has 0 fully saturated rings. The van der Waals surface area contributed by atoms with Crippen LogP contribution in [-0.2, 0) is 6.54 Å². The van der Waals surface area contributed by atoms with Gasteiger partial charge in [0.2, 0.25) is 0 Å². The topological polar surface area (TPSA) is 94.2 Å². The Morgan fingerprint density at radius 3 is 2.52 bits per heavy atom. The monoisotopic (exact) mass is 383 g/mol. The lowest BCUT2D eigenvalue weighted by Crippen LogP contribution is -2.29. The van der Waals surface area contributed by atoms with E-state index < -0.39 is 16.4 Å². The van der Waals surface area contributed by atoms with Crippen LogP contribution in [0, 0.1) is 10.1 Å². The number of benzene rings is 2. The Morgan fingerprint density at radius 2 is 1.78 bits per heavy atom. The second-order valence-corrected chi connectivity index (χ2v) is 6.08. The molecule has 3 aromatic rings. The molecule has 0 radical (unpaired) electrons. The number of hydrogen-bond donors (Lipinski definition) is 1. The van der Waals surface area contributed by atoms with Crippen LogP contribution in [0.4, 0.5) is 11.4 Å². The Labute approximate surface area is 159 Å². The van der Waals surface area contributed by atoms with Crippen molar-refractivity contribution in [3.63, 3.8) is 0 Å². The summed E-state index contributed by atoms with van der Waals surface area (Å²) < 4.78 is 1.36. The first-order chi connectivity index (χ1) is 13.0. The van der Waals surface area contributed by atoms with Crippen LogP contribution in [-0.4, -0.2) is 15.4 Å². The molecule has 8 heteroatoms. The fourth-order valence-electron chi connectivity index (χ4n) is 2.57. The van der Waals surface area contributed by atoms with Crippen molar-refractivity contribution in [3.8, 4) is 0 Å². The molecule has 136 valence electrons. The largest absolute Gasteiger partial charge is 0.316 e. The number of nitro benzene ring substituents is 1. The van der Waals surface area contributed by atoms with Gasteiger partial charge in [-0.15, -0.1) is 0 Å². The second-order valence-electron chi connectivity index (χ2n) is 5.67. The van der Waals surface area contributed by atoms with Gasteiger partial charge in [-0.1, -0.05) is 41.9 Å². The van der Waals surface area contributed by atoms with Crippen molar-refractivity contribution in [1.82, 2.24) is 4.57 Å². The number of nitrogens with zero attached hydrogens (tertiary/aromatic N) is 2. The molecule has 3 rings (SSSR count). The number of aromatic nitrogens is 1. The highest BCUT2D eigenvalue weighted by Crippen LogP contribution is 2.23. The number of carbonyl (C=O) groups excluding carboxylic acids is 1. The molecule has 27 heavy (non-hydrogen) atoms. The number of amides is 1. The molecule has 1 aromatic heterocycles. The summed E-state index contributed by atoms with van der Waals surface area (Å²) in [4.78, 5) is 35.6. The van der Waals surface area contributed by atoms with Crippen molar-refractivity contribution in [2.24, 2.45) is 0 Å². The summed E-state index contributed by atoms with van der Waals surface area (Å²) in [6, 6.07) is 15.8. The lowest BCUT2D eigenvalue weighted by atomic mass is 10.2. The summed E-state index contributed by atoms with van der Waals surface area (Å²) in [5.41, 5.74) is -0.139. The summed E-state index contributed by atoms with van der Waals surface area (Å²) >= 11 is 6.12. The van der Waals surface area contributed by atoms with E-state index in [1.165, 1.54) is 28.8 Å². The zero-order chi connectivity index (χ0) is 19.4. The van der Waals surface area contributed by atoms with E-state index in [0.29, 0.717) is 5.02 Å². The smallest absolute Gasteiger partial charge is 0.292 e. The Hall–Kier alpha value is -3.45. The summed E-state index contributed by atoms with van der Waals surface area (Å²) in [5.74, 6) is -0.720. The minimum Gasteiger partial charge on any atom is -0.316 e. The van der Waals surface area contributed by atoms with Crippen molar-refractivity contribution in [3.05, 3.63) is 103 Å². The van der Waals surface area contributed by atoms with E-state index in [1.54, 1.807) is 42.6 Å². The van der Waals surface area contributed by atoms with Crippen LogP contribution in [0.25, 0.3) is 0 Å². The zero-order valence-electron chi connectivity index (χ0n) is 14.0. The third-order valence-corrected chi connectivity index (χ3v) is 4.28. The van der Waals surface area contributed by atoms with Crippen molar-refractivity contribution in [2.45, 2.75) is 6.54 Å². The second kappa shape index (κ2) is 7.84. The highest BCUT2D eigenvalue weighted by Gasteiger charge is 2.18. The molecule has 0 aliphatic rings. The van der Waals surface area contributed by atoms with Gasteiger partial charge in [0, 0.05) is 17.3 Å². The quantitative estimate of drug-likeness (QED) is 0.536. The van der Waals surface area contributed by atoms with Crippen LogP contribution >= 0.6 is 11.6 Å². The molecule has 2 aromatic carbocycles. The molecule has 0 saturated heterocycles. The van der Waals surface area contributed by atoms with Gasteiger partial charge in [0.1, 0.15) is 11.3 Å². The van der Waals surface area contributed by atoms with Crippen molar-refractivity contribution < 1.29 is 9.72 Å². The number of nitro groups is 1. The van der Waals surface area contributed by atoms with Crippen LogP contribution < -0.4 is 10.9 Å². The molecule has 1 amide bonds. The minimum absolute atomic E-state index is 0.0217. The maximum absolute atomic E-state index is 12.7. The molecule has 0 aliphatic heterocycles. The molecule has 0 aliphatic carbocycles. The standard InChI is InChI=1S/C19H14ClN3O4/c20-15-8-2-1-6-13(15)12-22-11-5-7-14(19(22)25)18(24)21-16-9-3-4-10-17(16)23(26)27/h1-11H,12H2,(H,21,24). The maximum Gasteiger partial charge on any atom is 0.292 e. The lowest BCUT2D eigenvalue weighted by molar-refractivity contribution is -0.383. The first-order valence-electron chi connectivity index (χ1n) is 7.95. The summed E-state index contributed by atoms with van der Waals surface area (Å²) in [6.45, 7) is 0.200. The zero-order valence-corrected chi connectivity index (χ0v) is 14.7. The molecule has 0 atom stereocenters. The molecular weight excluding hydrogens is 370 g/mol. The van der Waals surface area contributed by atoms with Gasteiger partial charge in [-0.25, -0.2) is 0 Å². The lowest BCUT2D eigenvalue weighted by Gasteiger charge is -2.10. The van der Waals surface area contributed by atoms with Gasteiger partial charge in [0.05, 0.1) is 11.5 Å². The van der Waals surface area contributed by atoms with Gasteiger partial charge in [-0.3, -0.25) is 19.7 Å². The summed E-state index contributed by atoms with van der Waals surface area (Å²) in [5, 5.41) is 14.0. The maximum atomic E-state index is 12.7. The SMILES string of the molecule is O=C(Nc1ccccc1[N+](=O)[O-])c1cccn(Cc2ccccc2Cl)c1=O. The van der Waals surface area contributed by atoms with Gasteiger partial charge < -0.3 is 9.88 Å². The van der Waals surface area contributed by atoms with E-state index in [2.05, 4.69) is 5.32 Å². The Balaban J connectivity index is 1.90. The van der Waals surface area contributed by atoms with Gasteiger partial charge in [0.25, 0.3) is 17.2 Å². The van der Waals surface area contributed by atoms with Crippen molar-refractivity contribution in [2.75, 3.05) is 5.32 Å². The first kappa shape index (κ1) is 18.3. The van der Waals surface area contributed by atoms with Crippen LogP contribution in [0.5, 0.6) is 0 Å². The van der Waals surface area contributed by atoms with E-state index in [-0.39, 0.29) is 23.5 Å². The molecule has 1 heterocycles. The molecule has 0 saturated carbocycles. The van der Waals surface area contributed by atoms with Crippen molar-refractivity contribution >= 4 is 28.9 Å². The molecule has 1 N–H and O–H groups in total. The first-order valence-corrected chi connectivity index (χ1v) is 8.33. The van der Waals surface area contributed by atoms with Crippen molar-refractivity contribution in [1.29, 1.82) is 0 Å². The molecule has 0 spiro atoms. The molecular formula is C19H14ClN3O4. The summed E-state index contributed by atoms with van der Waals surface area (Å²) in [6.07, 6.45) is 1.55. The molecule has 0 unspecified atom stereocenters. The minimum atomic E-state index is -0.720. The average molecular weight is 384 g/mol. The number of nitrogens with one attached hydrogen (secondary N) is 1. The average Bonchev–Trinajstić information content (AvgIpc) is 2.65. The third kappa shape index (κ3) is 4.04. The van der Waals surface area contributed by atoms with E-state index >= 15 is 0 Å². The predicted molar refractivity (Wildman–Crippen MR) is 102 cm³/mol. The fraction of sp³-hybridized carbons (Fsp3) is 0.0526. The highest BCUT2D eigenvalue weighted by molar-refractivity contribution is 6.31. The predicted octanol–water partition coefficient (Wildman–Crippen LogP) is 3.71. The van der Waals surface area contributed by atoms with Crippen LogP contribution in [0.2, 0.25) is 5.02 Å². The fourth-order valence-corrected chi connectivity index (χ4v) is 2.77. The van der Waals surface area contributed by atoms with E-state index in [1.807, 2.05) is 0 Å². The van der Waals surface area contributed by atoms with Crippen LogP contribution in [0.3, 0.4) is 0 Å². The number of para-hydroxylation sites is 2. The number of anilines is 1. The Bertz CT molecular complexity index is 1080. The number of hydrogen-bond acceptors (Lipinski definition) is 4. The van der Waals surface area contributed by atoms with Crippen LogP contribution in [0.15, 0.2) is 71.7 Å². The van der Waals surface area contributed by atoms with E-state index in [4.69, 9.17) is 11.6 Å². The normalized spacial score (nSPS) is 10.4. The Morgan fingerprint density at radius 1 is 1.07 bits per heavy atom. The van der Waals surface area contributed by atoms with Gasteiger partial charge in [0.15, 0.2) is 0 Å². The summed E-state index contributed by atoms with van der Waals surface area (Å²) in [7, 11) is 0. The number of rotatable bonds is 5. The Kier molecular flexibility index (Phi) is 5.33. The van der Waals surface area contributed by atoms with E-state index in [9.17, 15) is 19.7 Å².